The highest BCUT2D eigenvalue weighted by molar-refractivity contribution is 5.80. The van der Waals surface area contributed by atoms with Crippen molar-refractivity contribution >= 4 is 18.0 Å². The van der Waals surface area contributed by atoms with Gasteiger partial charge in [0.15, 0.2) is 5.96 Å². The van der Waals surface area contributed by atoms with E-state index >= 15 is 0 Å². The zero-order valence-corrected chi connectivity index (χ0v) is 16.8. The Morgan fingerprint density at radius 1 is 1.31 bits per heavy atom. The predicted octanol–water partition coefficient (Wildman–Crippen LogP) is 1.69. The summed E-state index contributed by atoms with van der Waals surface area (Å²) in [7, 11) is 1.60. The van der Waals surface area contributed by atoms with Gasteiger partial charge in [-0.05, 0) is 26.8 Å². The summed E-state index contributed by atoms with van der Waals surface area (Å²) in [5.41, 5.74) is -1.54. The van der Waals surface area contributed by atoms with E-state index in [1.54, 1.807) is 11.9 Å². The van der Waals surface area contributed by atoms with Gasteiger partial charge in [0.25, 0.3) is 0 Å². The largest absolute Gasteiger partial charge is 0.444 e. The highest BCUT2D eigenvalue weighted by Crippen LogP contribution is 2.27. The Kier molecular flexibility index (Phi) is 7.09. The van der Waals surface area contributed by atoms with Crippen molar-refractivity contribution < 1.29 is 22.7 Å². The summed E-state index contributed by atoms with van der Waals surface area (Å²) in [5.74, 6) is 0.419. The Labute approximate surface area is 167 Å². The zero-order chi connectivity index (χ0) is 21.7. The molecule has 162 valence electrons. The fraction of sp³-hybridized carbons (Fsp3) is 0.647. The number of nitrogens with one attached hydrogen (secondary N) is 3. The van der Waals surface area contributed by atoms with Crippen molar-refractivity contribution in [1.29, 1.82) is 0 Å². The van der Waals surface area contributed by atoms with Crippen molar-refractivity contribution in [1.82, 2.24) is 25.5 Å². The molecule has 0 aromatic carbocycles. The Bertz CT molecular complexity index is 728. The number of aliphatic imine (C=N–C) groups is 1. The number of carbonyl (C=O) groups excluding carboxylic acids is 1. The lowest BCUT2D eigenvalue weighted by Crippen LogP contribution is -2.63. The van der Waals surface area contributed by atoms with Crippen LogP contribution in [-0.2, 0) is 10.9 Å². The molecular weight excluding hydrogens is 391 g/mol. The van der Waals surface area contributed by atoms with Gasteiger partial charge in [-0.3, -0.25) is 4.99 Å². The van der Waals surface area contributed by atoms with E-state index < -0.39 is 17.5 Å². The third-order valence-corrected chi connectivity index (χ3v) is 3.74. The molecule has 2 rings (SSSR count). The first-order chi connectivity index (χ1) is 13.5. The maximum absolute atomic E-state index is 12.6. The molecule has 0 unspecified atom stereocenters. The van der Waals surface area contributed by atoms with Crippen molar-refractivity contribution in [3.05, 3.63) is 18.0 Å². The number of alkyl halides is 3. The Morgan fingerprint density at radius 2 is 2.00 bits per heavy atom. The number of anilines is 1. The highest BCUT2D eigenvalue weighted by Gasteiger charge is 2.34. The fourth-order valence-corrected chi connectivity index (χ4v) is 2.39. The summed E-state index contributed by atoms with van der Waals surface area (Å²) in [6.07, 6.45) is -3.82. The summed E-state index contributed by atoms with van der Waals surface area (Å²) in [6, 6.07) is 0.849. The van der Waals surface area contributed by atoms with Crippen LogP contribution >= 0.6 is 0 Å². The van der Waals surface area contributed by atoms with Crippen molar-refractivity contribution in [2.75, 3.05) is 38.5 Å². The molecule has 1 fully saturated rings. The molecule has 29 heavy (non-hydrogen) atoms. The highest BCUT2D eigenvalue weighted by atomic mass is 19.4. The summed E-state index contributed by atoms with van der Waals surface area (Å²) in [4.78, 5) is 24.8. The Hall–Kier alpha value is -2.79. The second kappa shape index (κ2) is 9.14. The molecule has 0 aliphatic carbocycles. The number of guanidine groups is 1. The standard InChI is InChI=1S/C17H26F3N7O2/c1-16(2,3)29-15(28)27-9-11(10-27)25-13(21-4)23-7-8-24-14-22-6-5-12(26-14)17(18,19)20/h5-6,11H,7-10H2,1-4H3,(H2,21,23,25)(H,22,24,26). The smallest absolute Gasteiger partial charge is 0.433 e. The van der Waals surface area contributed by atoms with Crippen molar-refractivity contribution in [2.24, 2.45) is 4.99 Å². The number of nitrogens with zero attached hydrogens (tertiary/aromatic N) is 4. The number of hydrogen-bond acceptors (Lipinski definition) is 6. The third kappa shape index (κ3) is 7.27. The van der Waals surface area contributed by atoms with Crippen LogP contribution in [0.5, 0.6) is 0 Å². The number of likely N-dealkylation sites (tertiary alicyclic amines) is 1. The van der Waals surface area contributed by atoms with Gasteiger partial charge in [-0.2, -0.15) is 13.2 Å². The lowest BCUT2D eigenvalue weighted by Gasteiger charge is -2.40. The van der Waals surface area contributed by atoms with Crippen LogP contribution in [0.1, 0.15) is 26.5 Å². The van der Waals surface area contributed by atoms with E-state index in [0.29, 0.717) is 25.6 Å². The first kappa shape index (κ1) is 22.5. The predicted molar refractivity (Wildman–Crippen MR) is 102 cm³/mol. The minimum absolute atomic E-state index is 0.0356. The van der Waals surface area contributed by atoms with Gasteiger partial charge in [-0.25, -0.2) is 14.8 Å². The van der Waals surface area contributed by atoms with Crippen LogP contribution in [-0.4, -0.2) is 71.8 Å². The monoisotopic (exact) mass is 417 g/mol. The molecule has 0 atom stereocenters. The maximum Gasteiger partial charge on any atom is 0.433 e. The van der Waals surface area contributed by atoms with Crippen molar-refractivity contribution in [2.45, 2.75) is 38.6 Å². The number of rotatable bonds is 5. The van der Waals surface area contributed by atoms with Gasteiger partial charge in [0, 0.05) is 39.4 Å². The van der Waals surface area contributed by atoms with Crippen LogP contribution in [0.4, 0.5) is 23.9 Å². The minimum Gasteiger partial charge on any atom is -0.444 e. The molecule has 9 nitrogen and oxygen atoms in total. The van der Waals surface area contributed by atoms with Crippen LogP contribution in [0.15, 0.2) is 17.3 Å². The van der Waals surface area contributed by atoms with E-state index in [1.807, 2.05) is 20.8 Å². The van der Waals surface area contributed by atoms with Gasteiger partial charge in [-0.15, -0.1) is 0 Å². The molecule has 0 spiro atoms. The van der Waals surface area contributed by atoms with Crippen LogP contribution < -0.4 is 16.0 Å². The normalized spacial score (nSPS) is 15.6. The zero-order valence-electron chi connectivity index (χ0n) is 16.8. The van der Waals surface area contributed by atoms with E-state index in [0.717, 1.165) is 12.3 Å². The van der Waals surface area contributed by atoms with Crippen LogP contribution in [0.25, 0.3) is 0 Å². The molecule has 1 aliphatic heterocycles. The first-order valence-electron chi connectivity index (χ1n) is 9.07. The number of ether oxygens (including phenoxy) is 1. The molecule has 1 saturated heterocycles. The van der Waals surface area contributed by atoms with Gasteiger partial charge in [-0.1, -0.05) is 0 Å². The number of hydrogen-bond donors (Lipinski definition) is 3. The molecule has 0 bridgehead atoms. The summed E-state index contributed by atoms with van der Waals surface area (Å²) >= 11 is 0. The van der Waals surface area contributed by atoms with E-state index in [-0.39, 0.29) is 24.6 Å². The maximum atomic E-state index is 12.6. The molecule has 0 radical (unpaired) electrons. The fourth-order valence-electron chi connectivity index (χ4n) is 2.39. The molecule has 2 heterocycles. The van der Waals surface area contributed by atoms with Gasteiger partial charge in [0.05, 0.1) is 6.04 Å². The molecule has 12 heteroatoms. The number of amides is 1. The average Bonchev–Trinajstić information content (AvgIpc) is 2.57. The lowest BCUT2D eigenvalue weighted by molar-refractivity contribution is -0.141. The number of halogens is 3. The molecule has 1 aromatic rings. The Morgan fingerprint density at radius 3 is 2.59 bits per heavy atom. The van der Waals surface area contributed by atoms with Gasteiger partial charge in [0.2, 0.25) is 5.95 Å². The lowest BCUT2D eigenvalue weighted by atomic mass is 10.1. The van der Waals surface area contributed by atoms with Crippen LogP contribution in [0, 0.1) is 0 Å². The summed E-state index contributed by atoms with van der Waals surface area (Å²) in [6.45, 7) is 7.08. The molecule has 1 amide bonds. The van der Waals surface area contributed by atoms with Crippen LogP contribution in [0.3, 0.4) is 0 Å². The topological polar surface area (TPSA) is 104 Å². The van der Waals surface area contributed by atoms with Crippen LogP contribution in [0.2, 0.25) is 0 Å². The molecule has 0 saturated carbocycles. The molecular formula is C17H26F3N7O2. The van der Waals surface area contributed by atoms with E-state index in [9.17, 15) is 18.0 Å². The summed E-state index contributed by atoms with van der Waals surface area (Å²) in [5, 5.41) is 8.91. The average molecular weight is 417 g/mol. The first-order valence-corrected chi connectivity index (χ1v) is 9.07. The van der Waals surface area contributed by atoms with E-state index in [4.69, 9.17) is 4.74 Å². The van der Waals surface area contributed by atoms with E-state index in [2.05, 4.69) is 30.9 Å². The van der Waals surface area contributed by atoms with Gasteiger partial charge < -0.3 is 25.6 Å². The van der Waals surface area contributed by atoms with Gasteiger partial charge >= 0.3 is 12.3 Å². The number of aromatic nitrogens is 2. The van der Waals surface area contributed by atoms with Gasteiger partial charge in [0.1, 0.15) is 11.3 Å². The second-order valence-corrected chi connectivity index (χ2v) is 7.42. The molecule has 1 aliphatic rings. The van der Waals surface area contributed by atoms with Crippen molar-refractivity contribution in [3.8, 4) is 0 Å². The van der Waals surface area contributed by atoms with E-state index in [1.165, 1.54) is 0 Å². The Balaban J connectivity index is 1.69. The van der Waals surface area contributed by atoms with Crippen molar-refractivity contribution in [3.63, 3.8) is 0 Å². The molecule has 3 N–H and O–H groups in total. The SMILES string of the molecule is CN=C(NCCNc1nccc(C(F)(F)F)n1)NC1CN(C(=O)OC(C)(C)C)C1. The quantitative estimate of drug-likeness (QED) is 0.381. The second-order valence-electron chi connectivity index (χ2n) is 7.42. The summed E-state index contributed by atoms with van der Waals surface area (Å²) < 4.78 is 43.2. The minimum atomic E-state index is -4.51. The molecule has 1 aromatic heterocycles. The number of carbonyl (C=O) groups is 1. The third-order valence-electron chi connectivity index (χ3n) is 3.74.